The molecule has 0 saturated carbocycles. The van der Waals surface area contributed by atoms with Crippen molar-refractivity contribution in [2.75, 3.05) is 12.4 Å². The first kappa shape index (κ1) is 13.6. The molecule has 1 aliphatic heterocycles. The van der Waals surface area contributed by atoms with Crippen molar-refractivity contribution in [2.24, 2.45) is 5.92 Å². The highest BCUT2D eigenvalue weighted by Gasteiger charge is 2.45. The highest BCUT2D eigenvalue weighted by molar-refractivity contribution is 6.30. The van der Waals surface area contributed by atoms with Gasteiger partial charge in [0, 0.05) is 22.5 Å². The second-order valence-corrected chi connectivity index (χ2v) is 6.36. The molecule has 1 N–H and O–H groups in total. The van der Waals surface area contributed by atoms with Gasteiger partial charge in [0.1, 0.15) is 6.04 Å². The summed E-state index contributed by atoms with van der Waals surface area (Å²) in [4.78, 5) is 12.2. The Bertz CT molecular complexity index is 759. The molecule has 0 fully saturated rings. The quantitative estimate of drug-likeness (QED) is 0.817. The van der Waals surface area contributed by atoms with Gasteiger partial charge in [-0.2, -0.15) is 0 Å². The number of fused-ring (bicyclic) bond motifs is 5. The standard InChI is InChI=1S/C18H16ClNO2/c1-22-18(21)17-14-8-10-4-2-3-5-12(10)16(14)13-9-11(19)6-7-15(13)20-17/h2-7,9,14,16-17,20H,8H2,1H3. The van der Waals surface area contributed by atoms with Crippen molar-refractivity contribution in [3.05, 3.63) is 64.2 Å². The Morgan fingerprint density at radius 2 is 2.05 bits per heavy atom. The van der Waals surface area contributed by atoms with Crippen LogP contribution in [0.4, 0.5) is 5.69 Å². The lowest BCUT2D eigenvalue weighted by molar-refractivity contribution is -0.143. The van der Waals surface area contributed by atoms with E-state index in [0.717, 1.165) is 17.1 Å². The Morgan fingerprint density at radius 3 is 2.86 bits per heavy atom. The molecular weight excluding hydrogens is 298 g/mol. The number of benzene rings is 2. The second kappa shape index (κ2) is 5.03. The molecule has 22 heavy (non-hydrogen) atoms. The molecule has 0 amide bonds. The Morgan fingerprint density at radius 1 is 1.23 bits per heavy atom. The number of carbonyl (C=O) groups excluding carboxylic acids is 1. The SMILES string of the molecule is COC(=O)C1Nc2ccc(Cl)cc2C2c3ccccc3CC12. The van der Waals surface area contributed by atoms with E-state index in [1.54, 1.807) is 0 Å². The number of nitrogens with one attached hydrogen (secondary N) is 1. The summed E-state index contributed by atoms with van der Waals surface area (Å²) in [5, 5.41) is 4.07. The van der Waals surface area contributed by atoms with Crippen molar-refractivity contribution in [1.29, 1.82) is 0 Å². The fourth-order valence-corrected chi connectivity index (χ4v) is 4.07. The third kappa shape index (κ3) is 1.92. The minimum Gasteiger partial charge on any atom is -0.467 e. The van der Waals surface area contributed by atoms with E-state index in [-0.39, 0.29) is 23.8 Å². The van der Waals surface area contributed by atoms with Crippen molar-refractivity contribution in [2.45, 2.75) is 18.4 Å². The van der Waals surface area contributed by atoms with Crippen molar-refractivity contribution in [3.63, 3.8) is 0 Å². The minimum atomic E-state index is -0.323. The van der Waals surface area contributed by atoms with Gasteiger partial charge in [0.05, 0.1) is 7.11 Å². The van der Waals surface area contributed by atoms with E-state index in [9.17, 15) is 4.79 Å². The summed E-state index contributed by atoms with van der Waals surface area (Å²) in [6, 6.07) is 13.9. The zero-order valence-corrected chi connectivity index (χ0v) is 12.9. The summed E-state index contributed by atoms with van der Waals surface area (Å²) < 4.78 is 5.01. The number of halogens is 1. The van der Waals surface area contributed by atoms with Crippen LogP contribution in [0.15, 0.2) is 42.5 Å². The summed E-state index contributed by atoms with van der Waals surface area (Å²) in [6.07, 6.45) is 0.875. The number of anilines is 1. The molecule has 0 spiro atoms. The topological polar surface area (TPSA) is 38.3 Å². The predicted octanol–water partition coefficient (Wildman–Crippen LogP) is 3.61. The van der Waals surface area contributed by atoms with Crippen molar-refractivity contribution >= 4 is 23.3 Å². The summed E-state index contributed by atoms with van der Waals surface area (Å²) >= 11 is 6.20. The van der Waals surface area contributed by atoms with E-state index in [1.807, 2.05) is 18.2 Å². The highest BCUT2D eigenvalue weighted by atomic mass is 35.5. The van der Waals surface area contributed by atoms with Gasteiger partial charge in [-0.15, -0.1) is 0 Å². The molecule has 3 atom stereocenters. The number of hydrogen-bond acceptors (Lipinski definition) is 3. The molecule has 0 bridgehead atoms. The minimum absolute atomic E-state index is 0.163. The Labute approximate surface area is 134 Å². The molecule has 4 heteroatoms. The maximum Gasteiger partial charge on any atom is 0.328 e. The number of carbonyl (C=O) groups is 1. The van der Waals surface area contributed by atoms with Gasteiger partial charge in [-0.05, 0) is 41.3 Å². The molecule has 3 unspecified atom stereocenters. The van der Waals surface area contributed by atoms with Crippen LogP contribution in [0.1, 0.15) is 22.6 Å². The van der Waals surface area contributed by atoms with Gasteiger partial charge in [0.2, 0.25) is 0 Å². The molecule has 2 aliphatic rings. The lowest BCUT2D eigenvalue weighted by Gasteiger charge is -2.36. The first-order chi connectivity index (χ1) is 10.7. The lowest BCUT2D eigenvalue weighted by Crippen LogP contribution is -2.43. The number of ether oxygens (including phenoxy) is 1. The maximum atomic E-state index is 12.2. The number of methoxy groups -OCH3 is 1. The lowest BCUT2D eigenvalue weighted by atomic mass is 9.77. The van der Waals surface area contributed by atoms with Gasteiger partial charge < -0.3 is 10.1 Å². The number of esters is 1. The third-order valence-electron chi connectivity index (χ3n) is 4.82. The monoisotopic (exact) mass is 313 g/mol. The number of hydrogen-bond donors (Lipinski definition) is 1. The van der Waals surface area contributed by atoms with Crippen LogP contribution in [0.2, 0.25) is 5.02 Å². The third-order valence-corrected chi connectivity index (χ3v) is 5.05. The highest BCUT2D eigenvalue weighted by Crippen LogP contribution is 2.50. The van der Waals surface area contributed by atoms with E-state index in [0.29, 0.717) is 0 Å². The molecule has 3 nitrogen and oxygen atoms in total. The first-order valence-corrected chi connectivity index (χ1v) is 7.78. The largest absolute Gasteiger partial charge is 0.467 e. The Kier molecular flexibility index (Phi) is 3.12. The van der Waals surface area contributed by atoms with Crippen LogP contribution in [-0.2, 0) is 16.0 Å². The fourth-order valence-electron chi connectivity index (χ4n) is 3.89. The van der Waals surface area contributed by atoms with E-state index in [1.165, 1.54) is 23.8 Å². The molecule has 0 saturated heterocycles. The van der Waals surface area contributed by atoms with Crippen molar-refractivity contribution < 1.29 is 9.53 Å². The van der Waals surface area contributed by atoms with Crippen LogP contribution in [0.25, 0.3) is 0 Å². The van der Waals surface area contributed by atoms with E-state index in [4.69, 9.17) is 16.3 Å². The first-order valence-electron chi connectivity index (χ1n) is 7.40. The van der Waals surface area contributed by atoms with Gasteiger partial charge in [0.25, 0.3) is 0 Å². The van der Waals surface area contributed by atoms with Gasteiger partial charge in [-0.1, -0.05) is 35.9 Å². The average molecular weight is 314 g/mol. The van der Waals surface area contributed by atoms with Crippen LogP contribution in [0.5, 0.6) is 0 Å². The van der Waals surface area contributed by atoms with Crippen molar-refractivity contribution in [3.8, 4) is 0 Å². The molecule has 1 heterocycles. The Balaban J connectivity index is 1.89. The summed E-state index contributed by atoms with van der Waals surface area (Å²) in [7, 11) is 1.44. The van der Waals surface area contributed by atoms with Crippen LogP contribution in [0.3, 0.4) is 0 Å². The molecule has 112 valence electrons. The van der Waals surface area contributed by atoms with Crippen LogP contribution >= 0.6 is 11.6 Å². The fraction of sp³-hybridized carbons (Fsp3) is 0.278. The van der Waals surface area contributed by atoms with Crippen LogP contribution < -0.4 is 5.32 Å². The number of rotatable bonds is 1. The molecular formula is C18H16ClNO2. The molecule has 4 rings (SSSR count). The Hall–Kier alpha value is -2.00. The molecule has 1 aliphatic carbocycles. The van der Waals surface area contributed by atoms with Crippen LogP contribution in [-0.4, -0.2) is 19.1 Å². The summed E-state index contributed by atoms with van der Waals surface area (Å²) in [6.45, 7) is 0. The maximum absolute atomic E-state index is 12.2. The zero-order chi connectivity index (χ0) is 15.3. The molecule has 2 aromatic rings. The second-order valence-electron chi connectivity index (χ2n) is 5.92. The van der Waals surface area contributed by atoms with E-state index < -0.39 is 0 Å². The van der Waals surface area contributed by atoms with Gasteiger partial charge >= 0.3 is 5.97 Å². The smallest absolute Gasteiger partial charge is 0.328 e. The van der Waals surface area contributed by atoms with Gasteiger partial charge in [0.15, 0.2) is 0 Å². The predicted molar refractivity (Wildman–Crippen MR) is 86.4 cm³/mol. The molecule has 0 aromatic heterocycles. The van der Waals surface area contributed by atoms with Crippen molar-refractivity contribution in [1.82, 2.24) is 0 Å². The van der Waals surface area contributed by atoms with E-state index in [2.05, 4.69) is 29.6 Å². The van der Waals surface area contributed by atoms with Crippen LogP contribution in [0, 0.1) is 5.92 Å². The summed E-state index contributed by atoms with van der Waals surface area (Å²) in [5.74, 6) is 0.148. The van der Waals surface area contributed by atoms with Gasteiger partial charge in [-0.3, -0.25) is 0 Å². The van der Waals surface area contributed by atoms with Gasteiger partial charge in [-0.25, -0.2) is 4.79 Å². The zero-order valence-electron chi connectivity index (χ0n) is 12.2. The normalized spacial score (nSPS) is 24.7. The van der Waals surface area contributed by atoms with E-state index >= 15 is 0 Å². The molecule has 0 radical (unpaired) electrons. The summed E-state index contributed by atoms with van der Waals surface area (Å²) in [5.41, 5.74) is 4.74. The molecule has 2 aromatic carbocycles. The average Bonchev–Trinajstić information content (AvgIpc) is 2.93.